The fourth-order valence-corrected chi connectivity index (χ4v) is 4.94. The van der Waals surface area contributed by atoms with Gasteiger partial charge in [-0.15, -0.1) is 0 Å². The molecule has 28 heavy (non-hydrogen) atoms. The van der Waals surface area contributed by atoms with Crippen molar-refractivity contribution >= 4 is 15.2 Å². The molecule has 0 spiro atoms. The number of rotatable bonds is 6. The highest BCUT2D eigenvalue weighted by Gasteiger charge is 2.63. The van der Waals surface area contributed by atoms with E-state index in [1.807, 2.05) is 0 Å². The van der Waals surface area contributed by atoms with Gasteiger partial charge in [0.15, 0.2) is 0 Å². The molecule has 0 amide bonds. The third kappa shape index (κ3) is 4.75. The Morgan fingerprint density at radius 3 is 1.89 bits per heavy atom. The van der Waals surface area contributed by atoms with E-state index in [9.17, 15) is 47.0 Å². The van der Waals surface area contributed by atoms with Crippen LogP contribution in [0.15, 0.2) is 48.5 Å². The number of phenols is 1. The number of ether oxygens (including phenoxy) is 1. The average molecular weight is 442 g/mol. The SMILES string of the molecule is O=P(O)(O)C(Cc1cccc(C(F)(F)F)c1)(Oc1ccc(O)cc1)P(=O)(O)O. The van der Waals surface area contributed by atoms with Gasteiger partial charge in [0.05, 0.1) is 5.56 Å². The topological polar surface area (TPSA) is 145 Å². The summed E-state index contributed by atoms with van der Waals surface area (Å²) in [5.74, 6) is -0.681. The van der Waals surface area contributed by atoms with Crippen LogP contribution in [0.5, 0.6) is 11.5 Å². The van der Waals surface area contributed by atoms with Gasteiger partial charge in [-0.25, -0.2) is 0 Å². The van der Waals surface area contributed by atoms with Crippen molar-refractivity contribution < 1.29 is 51.7 Å². The molecule has 5 N–H and O–H groups in total. The first-order chi connectivity index (χ1) is 12.7. The van der Waals surface area contributed by atoms with E-state index >= 15 is 0 Å². The minimum absolute atomic E-state index is 0.261. The second-order valence-electron chi connectivity index (χ2n) is 5.80. The summed E-state index contributed by atoms with van der Waals surface area (Å²) < 4.78 is 67.8. The zero-order chi connectivity index (χ0) is 21.4. The first-order valence-electron chi connectivity index (χ1n) is 7.41. The van der Waals surface area contributed by atoms with Gasteiger partial charge in [0, 0.05) is 6.42 Å². The number of aromatic hydroxyl groups is 1. The molecule has 0 radical (unpaired) electrons. The molecule has 0 heterocycles. The fourth-order valence-electron chi connectivity index (χ4n) is 2.36. The number of alkyl halides is 3. The highest BCUT2D eigenvalue weighted by atomic mass is 31.2. The molecule has 8 nitrogen and oxygen atoms in total. The summed E-state index contributed by atoms with van der Waals surface area (Å²) in [7, 11) is -11.5. The molecule has 13 heteroatoms. The van der Waals surface area contributed by atoms with Crippen LogP contribution in [-0.2, 0) is 21.7 Å². The molecule has 0 saturated heterocycles. The maximum absolute atomic E-state index is 12.9. The Morgan fingerprint density at radius 1 is 0.893 bits per heavy atom. The van der Waals surface area contributed by atoms with Gasteiger partial charge in [-0.2, -0.15) is 13.2 Å². The summed E-state index contributed by atoms with van der Waals surface area (Å²) in [6, 6.07) is 7.20. The smallest absolute Gasteiger partial charge is 0.416 e. The summed E-state index contributed by atoms with van der Waals surface area (Å²) in [5, 5.41) is 5.78. The van der Waals surface area contributed by atoms with Crippen molar-refractivity contribution in [1.82, 2.24) is 0 Å². The fraction of sp³-hybridized carbons (Fsp3) is 0.200. The monoisotopic (exact) mass is 442 g/mol. The first-order valence-corrected chi connectivity index (χ1v) is 10.6. The lowest BCUT2D eigenvalue weighted by atomic mass is 10.1. The van der Waals surface area contributed by atoms with Crippen molar-refractivity contribution in [3.05, 3.63) is 59.7 Å². The number of hydrogen-bond acceptors (Lipinski definition) is 4. The van der Waals surface area contributed by atoms with Crippen molar-refractivity contribution in [3.63, 3.8) is 0 Å². The average Bonchev–Trinajstić information content (AvgIpc) is 2.53. The van der Waals surface area contributed by atoms with Crippen LogP contribution < -0.4 is 4.74 Å². The molecule has 0 bridgehead atoms. The van der Waals surface area contributed by atoms with Gasteiger partial charge in [0.2, 0.25) is 0 Å². The summed E-state index contributed by atoms with van der Waals surface area (Å²) in [5.41, 5.74) is -1.58. The summed E-state index contributed by atoms with van der Waals surface area (Å²) in [4.78, 5) is 38.8. The van der Waals surface area contributed by atoms with Gasteiger partial charge < -0.3 is 29.4 Å². The molecule has 0 aliphatic carbocycles. The summed E-state index contributed by atoms with van der Waals surface area (Å²) in [6.45, 7) is 0. The van der Waals surface area contributed by atoms with Gasteiger partial charge in [-0.05, 0) is 35.9 Å². The lowest BCUT2D eigenvalue weighted by molar-refractivity contribution is -0.137. The molecule has 0 unspecified atom stereocenters. The van der Waals surface area contributed by atoms with Crippen LogP contribution in [0.4, 0.5) is 13.2 Å². The predicted octanol–water partition coefficient (Wildman–Crippen LogP) is 3.04. The van der Waals surface area contributed by atoms with Gasteiger partial charge in [-0.3, -0.25) is 9.13 Å². The van der Waals surface area contributed by atoms with Crippen molar-refractivity contribution in [1.29, 1.82) is 0 Å². The minimum Gasteiger partial charge on any atom is -0.508 e. The molecule has 2 aromatic rings. The molecule has 154 valence electrons. The maximum Gasteiger partial charge on any atom is 0.416 e. The number of halogens is 3. The Hall–Kier alpha value is -1.87. The van der Waals surface area contributed by atoms with Crippen LogP contribution in [0.2, 0.25) is 0 Å². The van der Waals surface area contributed by atoms with Gasteiger partial charge >= 0.3 is 26.5 Å². The zero-order valence-electron chi connectivity index (χ0n) is 13.8. The third-order valence-corrected chi connectivity index (χ3v) is 7.60. The van der Waals surface area contributed by atoms with E-state index in [0.717, 1.165) is 36.4 Å². The Labute approximate surface area is 156 Å². The Kier molecular flexibility index (Phi) is 6.02. The number of phenolic OH excluding ortho intramolecular Hbond substituents is 1. The molecule has 2 aromatic carbocycles. The van der Waals surface area contributed by atoms with E-state index in [1.165, 1.54) is 0 Å². The minimum atomic E-state index is -5.76. The van der Waals surface area contributed by atoms with E-state index in [4.69, 9.17) is 4.74 Å². The molecule has 2 rings (SSSR count). The molecular formula is C15H15F3O8P2. The van der Waals surface area contributed by atoms with E-state index in [0.29, 0.717) is 12.1 Å². The maximum atomic E-state index is 12.9. The van der Waals surface area contributed by atoms with Crippen LogP contribution in [0.3, 0.4) is 0 Å². The van der Waals surface area contributed by atoms with Gasteiger partial charge in [-0.1, -0.05) is 18.2 Å². The quantitative estimate of drug-likeness (QED) is 0.430. The van der Waals surface area contributed by atoms with Crippen LogP contribution in [0, 0.1) is 0 Å². The van der Waals surface area contributed by atoms with E-state index < -0.39 is 49.7 Å². The molecule has 0 aliphatic heterocycles. The van der Waals surface area contributed by atoms with Crippen LogP contribution in [0.1, 0.15) is 11.1 Å². The normalized spacial score (nSPS) is 13.4. The summed E-state index contributed by atoms with van der Waals surface area (Å²) >= 11 is 0. The molecule has 0 aliphatic rings. The van der Waals surface area contributed by atoms with Crippen molar-refractivity contribution in [2.24, 2.45) is 0 Å². The highest BCUT2D eigenvalue weighted by molar-refractivity contribution is 7.72. The third-order valence-electron chi connectivity index (χ3n) is 3.72. The van der Waals surface area contributed by atoms with Gasteiger partial charge in [0.1, 0.15) is 11.5 Å². The molecule has 0 saturated carbocycles. The van der Waals surface area contributed by atoms with Crippen molar-refractivity contribution in [2.45, 2.75) is 17.7 Å². The Morgan fingerprint density at radius 2 is 1.43 bits per heavy atom. The van der Waals surface area contributed by atoms with E-state index in [2.05, 4.69) is 0 Å². The van der Waals surface area contributed by atoms with Crippen molar-refractivity contribution in [2.75, 3.05) is 0 Å². The number of hydrogen-bond donors (Lipinski definition) is 5. The van der Waals surface area contributed by atoms with Crippen LogP contribution in [-0.4, -0.2) is 29.8 Å². The van der Waals surface area contributed by atoms with E-state index in [-0.39, 0.29) is 5.75 Å². The largest absolute Gasteiger partial charge is 0.508 e. The lowest BCUT2D eigenvalue weighted by Gasteiger charge is -2.35. The van der Waals surface area contributed by atoms with Crippen LogP contribution in [0.25, 0.3) is 0 Å². The van der Waals surface area contributed by atoms with Crippen molar-refractivity contribution in [3.8, 4) is 11.5 Å². The standard InChI is InChI=1S/C15H15F3O8P2/c16-15(17,18)11-3-1-2-10(8-11)9-14(27(20,21)22,28(23,24)25)26-13-6-4-12(19)5-7-13/h1-8,19H,9H2,(H2,20,21,22)(H2,23,24,25). The zero-order valence-corrected chi connectivity index (χ0v) is 15.6. The highest BCUT2D eigenvalue weighted by Crippen LogP contribution is 2.70. The molecular weight excluding hydrogens is 427 g/mol. The second kappa shape index (κ2) is 7.51. The Balaban J connectivity index is 2.60. The molecule has 0 atom stereocenters. The number of benzene rings is 2. The first kappa shape index (κ1) is 22.4. The second-order valence-corrected chi connectivity index (χ2v) is 9.78. The molecule has 0 fully saturated rings. The van der Waals surface area contributed by atoms with Gasteiger partial charge in [0.25, 0.3) is 0 Å². The van der Waals surface area contributed by atoms with E-state index in [1.54, 1.807) is 0 Å². The van der Waals surface area contributed by atoms with Crippen LogP contribution >= 0.6 is 15.2 Å². The Bertz CT molecular complexity index is 911. The predicted molar refractivity (Wildman–Crippen MR) is 90.7 cm³/mol. The molecule has 0 aromatic heterocycles. The summed E-state index contributed by atoms with van der Waals surface area (Å²) in [6.07, 6.45) is -5.99. The lowest BCUT2D eigenvalue weighted by Crippen LogP contribution is -2.38.